The van der Waals surface area contributed by atoms with Crippen molar-refractivity contribution < 1.29 is 23.5 Å². The number of esters is 1. The number of carbonyl (C=O) groups is 3. The van der Waals surface area contributed by atoms with Crippen LogP contribution in [0.2, 0.25) is 0 Å². The van der Waals surface area contributed by atoms with Crippen molar-refractivity contribution >= 4 is 17.8 Å². The largest absolute Gasteiger partial charge is 0.465 e. The van der Waals surface area contributed by atoms with Crippen molar-refractivity contribution in [3.63, 3.8) is 0 Å². The Morgan fingerprint density at radius 1 is 1.29 bits per heavy atom. The second-order valence-corrected chi connectivity index (χ2v) is 4.76. The topological polar surface area (TPSA) is 66.9 Å². The summed E-state index contributed by atoms with van der Waals surface area (Å²) >= 11 is 0. The van der Waals surface area contributed by atoms with Crippen LogP contribution < -0.4 is 0 Å². The zero-order valence-electron chi connectivity index (χ0n) is 11.8. The zero-order chi connectivity index (χ0) is 15.6. The average molecular weight is 294 g/mol. The van der Waals surface area contributed by atoms with Crippen molar-refractivity contribution in [1.29, 1.82) is 0 Å². The normalized spacial score (nSPS) is 15.4. The maximum absolute atomic E-state index is 13.8. The zero-order valence-corrected chi connectivity index (χ0v) is 11.8. The molecule has 6 nitrogen and oxygen atoms in total. The first-order valence-corrected chi connectivity index (χ1v) is 6.35. The third kappa shape index (κ3) is 3.01. The highest BCUT2D eigenvalue weighted by Gasteiger charge is 2.30. The Labute approximate surface area is 121 Å². The fraction of sp³-hybridized carbons (Fsp3) is 0.357. The van der Waals surface area contributed by atoms with Crippen LogP contribution in [0.25, 0.3) is 0 Å². The molecule has 0 saturated carbocycles. The van der Waals surface area contributed by atoms with E-state index in [2.05, 4.69) is 4.74 Å². The number of hydrogen-bond acceptors (Lipinski definition) is 4. The van der Waals surface area contributed by atoms with Crippen LogP contribution in [-0.4, -0.2) is 54.8 Å². The number of carbonyl (C=O) groups excluding carboxylic acids is 3. The summed E-state index contributed by atoms with van der Waals surface area (Å²) in [5.41, 5.74) is 0.341. The van der Waals surface area contributed by atoms with E-state index in [-0.39, 0.29) is 12.1 Å². The van der Waals surface area contributed by atoms with Crippen LogP contribution in [0.5, 0.6) is 0 Å². The van der Waals surface area contributed by atoms with Crippen molar-refractivity contribution in [2.24, 2.45) is 0 Å². The molecular formula is C14H15FN2O4. The Morgan fingerprint density at radius 2 is 2.00 bits per heavy atom. The summed E-state index contributed by atoms with van der Waals surface area (Å²) < 4.78 is 18.3. The Morgan fingerprint density at radius 3 is 2.62 bits per heavy atom. The SMILES string of the molecule is COC(=O)c1ccc(CN2CCN(C)C(=O)C2=O)cc1F. The molecule has 21 heavy (non-hydrogen) atoms. The van der Waals surface area contributed by atoms with Crippen LogP contribution in [0.3, 0.4) is 0 Å². The van der Waals surface area contributed by atoms with Gasteiger partial charge >= 0.3 is 17.8 Å². The predicted molar refractivity (Wildman–Crippen MR) is 70.8 cm³/mol. The number of ether oxygens (including phenoxy) is 1. The van der Waals surface area contributed by atoms with Gasteiger partial charge < -0.3 is 14.5 Å². The van der Waals surface area contributed by atoms with E-state index in [9.17, 15) is 18.8 Å². The predicted octanol–water partition coefficient (Wildman–Crippen LogP) is 0.413. The second-order valence-electron chi connectivity index (χ2n) is 4.76. The minimum absolute atomic E-state index is 0.122. The number of nitrogens with zero attached hydrogens (tertiary/aromatic N) is 2. The molecular weight excluding hydrogens is 279 g/mol. The Kier molecular flexibility index (Phi) is 4.21. The van der Waals surface area contributed by atoms with Crippen molar-refractivity contribution in [2.75, 3.05) is 27.2 Å². The lowest BCUT2D eigenvalue weighted by molar-refractivity contribution is -0.155. The third-order valence-corrected chi connectivity index (χ3v) is 3.33. The monoisotopic (exact) mass is 294 g/mol. The molecule has 0 N–H and O–H groups in total. The molecule has 0 atom stereocenters. The molecule has 0 aliphatic carbocycles. The second kappa shape index (κ2) is 5.90. The van der Waals surface area contributed by atoms with Crippen molar-refractivity contribution in [3.8, 4) is 0 Å². The highest BCUT2D eigenvalue weighted by atomic mass is 19.1. The first kappa shape index (κ1) is 15.0. The van der Waals surface area contributed by atoms with Crippen LogP contribution in [0, 0.1) is 5.82 Å². The molecule has 1 aliphatic rings. The number of methoxy groups -OCH3 is 1. The smallest absolute Gasteiger partial charge is 0.340 e. The number of amides is 2. The summed E-state index contributed by atoms with van der Waals surface area (Å²) in [5, 5.41) is 0. The lowest BCUT2D eigenvalue weighted by Crippen LogP contribution is -2.52. The van der Waals surface area contributed by atoms with Gasteiger partial charge in [0.05, 0.1) is 12.7 Å². The molecule has 1 aliphatic heterocycles. The van der Waals surface area contributed by atoms with E-state index in [1.165, 1.54) is 35.1 Å². The number of benzene rings is 1. The standard InChI is InChI=1S/C14H15FN2O4/c1-16-5-6-17(13(19)12(16)18)8-9-3-4-10(11(15)7-9)14(20)21-2/h3-4,7H,5-6,8H2,1-2H3. The Balaban J connectivity index is 2.14. The molecule has 1 heterocycles. The van der Waals surface area contributed by atoms with Gasteiger partial charge in [-0.25, -0.2) is 9.18 Å². The van der Waals surface area contributed by atoms with Gasteiger partial charge in [0.25, 0.3) is 0 Å². The fourth-order valence-corrected chi connectivity index (χ4v) is 2.08. The van der Waals surface area contributed by atoms with Gasteiger partial charge in [-0.1, -0.05) is 6.07 Å². The number of hydrogen-bond donors (Lipinski definition) is 0. The fourth-order valence-electron chi connectivity index (χ4n) is 2.08. The van der Waals surface area contributed by atoms with Crippen LogP contribution in [0.1, 0.15) is 15.9 Å². The van der Waals surface area contributed by atoms with Gasteiger partial charge in [-0.15, -0.1) is 0 Å². The van der Waals surface area contributed by atoms with E-state index in [0.717, 1.165) is 0 Å². The molecule has 1 aromatic rings. The van der Waals surface area contributed by atoms with Crippen LogP contribution in [0.15, 0.2) is 18.2 Å². The van der Waals surface area contributed by atoms with Crippen molar-refractivity contribution in [3.05, 3.63) is 35.1 Å². The summed E-state index contributed by atoms with van der Waals surface area (Å²) in [6.45, 7) is 0.950. The van der Waals surface area contributed by atoms with Crippen molar-refractivity contribution in [1.82, 2.24) is 9.80 Å². The minimum atomic E-state index is -0.759. The first-order chi connectivity index (χ1) is 9.93. The summed E-state index contributed by atoms with van der Waals surface area (Å²) in [6, 6.07) is 4.01. The highest BCUT2D eigenvalue weighted by Crippen LogP contribution is 2.15. The average Bonchev–Trinajstić information content (AvgIpc) is 2.47. The van der Waals surface area contributed by atoms with Gasteiger partial charge in [0.2, 0.25) is 0 Å². The lowest BCUT2D eigenvalue weighted by atomic mass is 10.1. The minimum Gasteiger partial charge on any atom is -0.465 e. The number of likely N-dealkylation sites (N-methyl/N-ethyl adjacent to an activating group) is 1. The summed E-state index contributed by atoms with van der Waals surface area (Å²) in [6.07, 6.45) is 0. The van der Waals surface area contributed by atoms with Gasteiger partial charge in [0.15, 0.2) is 0 Å². The van der Waals surface area contributed by atoms with E-state index < -0.39 is 23.6 Å². The summed E-state index contributed by atoms with van der Waals surface area (Å²) in [7, 11) is 2.73. The van der Waals surface area contributed by atoms with Crippen molar-refractivity contribution in [2.45, 2.75) is 6.54 Å². The van der Waals surface area contributed by atoms with Gasteiger partial charge in [0.1, 0.15) is 5.82 Å². The van der Waals surface area contributed by atoms with Gasteiger partial charge in [0, 0.05) is 26.7 Å². The Bertz CT molecular complexity index is 603. The van der Waals surface area contributed by atoms with E-state index in [1.807, 2.05) is 0 Å². The molecule has 112 valence electrons. The first-order valence-electron chi connectivity index (χ1n) is 6.35. The van der Waals surface area contributed by atoms with Crippen LogP contribution in [-0.2, 0) is 20.9 Å². The maximum atomic E-state index is 13.8. The molecule has 0 spiro atoms. The molecule has 0 unspecified atom stereocenters. The van der Waals surface area contributed by atoms with E-state index in [4.69, 9.17) is 0 Å². The van der Waals surface area contributed by atoms with Gasteiger partial charge in [-0.3, -0.25) is 9.59 Å². The molecule has 1 fully saturated rings. The van der Waals surface area contributed by atoms with E-state index >= 15 is 0 Å². The quantitative estimate of drug-likeness (QED) is 0.598. The molecule has 1 aromatic carbocycles. The van der Waals surface area contributed by atoms with Gasteiger partial charge in [-0.05, 0) is 17.7 Å². The number of piperazine rings is 1. The van der Waals surface area contributed by atoms with Gasteiger partial charge in [-0.2, -0.15) is 0 Å². The van der Waals surface area contributed by atoms with E-state index in [0.29, 0.717) is 18.7 Å². The molecule has 0 aromatic heterocycles. The lowest BCUT2D eigenvalue weighted by Gasteiger charge is -2.31. The van der Waals surface area contributed by atoms with Crippen LogP contribution >= 0.6 is 0 Å². The molecule has 0 bridgehead atoms. The summed E-state index contributed by atoms with van der Waals surface area (Å²) in [5.74, 6) is -2.66. The highest BCUT2D eigenvalue weighted by molar-refractivity contribution is 6.35. The number of halogens is 1. The Hall–Kier alpha value is -2.44. The number of rotatable bonds is 3. The molecule has 2 amide bonds. The van der Waals surface area contributed by atoms with Crippen LogP contribution in [0.4, 0.5) is 4.39 Å². The molecule has 0 radical (unpaired) electrons. The summed E-state index contributed by atoms with van der Waals surface area (Å²) in [4.78, 5) is 37.4. The maximum Gasteiger partial charge on any atom is 0.340 e. The van der Waals surface area contributed by atoms with E-state index in [1.54, 1.807) is 7.05 Å². The molecule has 1 saturated heterocycles. The third-order valence-electron chi connectivity index (χ3n) is 3.33. The molecule has 7 heteroatoms. The molecule has 2 rings (SSSR count).